The van der Waals surface area contributed by atoms with Crippen molar-refractivity contribution in [3.63, 3.8) is 0 Å². The summed E-state index contributed by atoms with van der Waals surface area (Å²) in [6.45, 7) is 0.829. The maximum atomic E-state index is 11.9. The van der Waals surface area contributed by atoms with Crippen molar-refractivity contribution >= 4 is 22.8 Å². The van der Waals surface area contributed by atoms with Gasteiger partial charge in [-0.05, 0) is 6.07 Å². The highest BCUT2D eigenvalue weighted by atomic mass is 16.5. The maximum Gasteiger partial charge on any atom is 0.352 e. The number of rotatable bonds is 6. The van der Waals surface area contributed by atoms with E-state index in [1.165, 1.54) is 0 Å². The molecule has 0 saturated heterocycles. The zero-order valence-corrected chi connectivity index (χ0v) is 12.0. The number of benzene rings is 1. The number of hydrogen-bond donors (Lipinski definition) is 2. The molecular formula is C15H18N2O4. The molecule has 0 unspecified atom stereocenters. The molecule has 2 rings (SSSR count). The van der Waals surface area contributed by atoms with Crippen molar-refractivity contribution < 1.29 is 19.4 Å². The van der Waals surface area contributed by atoms with Gasteiger partial charge in [-0.2, -0.15) is 0 Å². The summed E-state index contributed by atoms with van der Waals surface area (Å²) in [6.07, 6.45) is 0.0344. The second-order valence-electron chi connectivity index (χ2n) is 4.73. The molecule has 0 bridgehead atoms. The largest absolute Gasteiger partial charge is 0.477 e. The third-order valence-corrected chi connectivity index (χ3v) is 3.38. The van der Waals surface area contributed by atoms with Gasteiger partial charge in [0.05, 0.1) is 13.0 Å². The number of carbonyl (C=O) groups is 2. The minimum atomic E-state index is -1.03. The number of para-hydroxylation sites is 1. The normalized spacial score (nSPS) is 10.8. The van der Waals surface area contributed by atoms with E-state index in [2.05, 4.69) is 5.32 Å². The molecule has 0 saturated carbocycles. The van der Waals surface area contributed by atoms with Crippen molar-refractivity contribution in [3.8, 4) is 0 Å². The van der Waals surface area contributed by atoms with Crippen LogP contribution in [0, 0.1) is 0 Å². The number of fused-ring (bicyclic) bond motifs is 1. The second kappa shape index (κ2) is 6.41. The van der Waals surface area contributed by atoms with Gasteiger partial charge in [-0.15, -0.1) is 0 Å². The Morgan fingerprint density at radius 2 is 2.05 bits per heavy atom. The fraction of sp³-hybridized carbons (Fsp3) is 0.333. The highest BCUT2D eigenvalue weighted by molar-refractivity contribution is 6.00. The lowest BCUT2D eigenvalue weighted by molar-refractivity contribution is -0.120. The third kappa shape index (κ3) is 3.05. The van der Waals surface area contributed by atoms with E-state index in [1.807, 2.05) is 24.3 Å². The lowest BCUT2D eigenvalue weighted by atomic mass is 10.1. The summed E-state index contributed by atoms with van der Waals surface area (Å²) in [5, 5.41) is 12.9. The summed E-state index contributed by atoms with van der Waals surface area (Å²) in [4.78, 5) is 23.4. The average Bonchev–Trinajstić information content (AvgIpc) is 2.73. The Morgan fingerprint density at radius 1 is 1.33 bits per heavy atom. The average molecular weight is 290 g/mol. The number of aromatic carboxylic acids is 1. The molecule has 21 heavy (non-hydrogen) atoms. The fourth-order valence-electron chi connectivity index (χ4n) is 2.44. The first kappa shape index (κ1) is 15.1. The number of carboxylic acid groups (broad SMARTS) is 1. The number of ether oxygens (including phenoxy) is 1. The monoisotopic (exact) mass is 290 g/mol. The summed E-state index contributed by atoms with van der Waals surface area (Å²) < 4.78 is 6.47. The highest BCUT2D eigenvalue weighted by Gasteiger charge is 2.21. The molecule has 0 aliphatic rings. The molecule has 1 aromatic heterocycles. The van der Waals surface area contributed by atoms with Gasteiger partial charge in [0.2, 0.25) is 5.91 Å². The van der Waals surface area contributed by atoms with Crippen LogP contribution in [-0.4, -0.2) is 41.8 Å². The summed E-state index contributed by atoms with van der Waals surface area (Å²) in [5.41, 5.74) is 1.49. The topological polar surface area (TPSA) is 80.6 Å². The number of carbonyl (C=O) groups excluding carboxylic acids is 1. The molecule has 112 valence electrons. The predicted octanol–water partition coefficient (Wildman–Crippen LogP) is 1.18. The molecule has 0 atom stereocenters. The molecule has 0 fully saturated rings. The van der Waals surface area contributed by atoms with Crippen molar-refractivity contribution in [3.05, 3.63) is 35.5 Å². The van der Waals surface area contributed by atoms with Gasteiger partial charge in [-0.1, -0.05) is 18.2 Å². The van der Waals surface area contributed by atoms with Crippen LogP contribution in [0.3, 0.4) is 0 Å². The third-order valence-electron chi connectivity index (χ3n) is 3.38. The standard InChI is InChI=1S/C15H18N2O4/c1-17-12-6-4-3-5-10(12)11(14(17)15(19)20)9-13(18)16-7-8-21-2/h3-6H,7-9H2,1-2H3,(H,16,18)(H,19,20). The molecule has 1 aromatic carbocycles. The molecule has 6 nitrogen and oxygen atoms in total. The van der Waals surface area contributed by atoms with Crippen LogP contribution in [-0.2, 0) is 23.0 Å². The quantitative estimate of drug-likeness (QED) is 0.783. The van der Waals surface area contributed by atoms with Crippen molar-refractivity contribution in [1.29, 1.82) is 0 Å². The van der Waals surface area contributed by atoms with Crippen LogP contribution in [0.1, 0.15) is 16.1 Å². The number of methoxy groups -OCH3 is 1. The van der Waals surface area contributed by atoms with Crippen molar-refractivity contribution in [2.24, 2.45) is 7.05 Å². The van der Waals surface area contributed by atoms with Gasteiger partial charge in [0.25, 0.3) is 0 Å². The van der Waals surface area contributed by atoms with Gasteiger partial charge in [0.1, 0.15) is 5.69 Å². The molecule has 6 heteroatoms. The summed E-state index contributed by atoms with van der Waals surface area (Å²) >= 11 is 0. The minimum absolute atomic E-state index is 0.0344. The first-order valence-corrected chi connectivity index (χ1v) is 6.61. The number of amides is 1. The van der Waals surface area contributed by atoms with Gasteiger partial charge in [0.15, 0.2) is 0 Å². The first-order chi connectivity index (χ1) is 10.1. The maximum absolute atomic E-state index is 11.9. The Bertz CT molecular complexity index is 676. The van der Waals surface area contributed by atoms with Crippen molar-refractivity contribution in [1.82, 2.24) is 9.88 Å². The number of aromatic nitrogens is 1. The predicted molar refractivity (Wildman–Crippen MR) is 78.5 cm³/mol. The number of aryl methyl sites for hydroxylation is 1. The Hall–Kier alpha value is -2.34. The van der Waals surface area contributed by atoms with E-state index in [9.17, 15) is 14.7 Å². The van der Waals surface area contributed by atoms with Crippen LogP contribution < -0.4 is 5.32 Å². The van der Waals surface area contributed by atoms with Crippen LogP contribution >= 0.6 is 0 Å². The van der Waals surface area contributed by atoms with E-state index in [0.717, 1.165) is 10.9 Å². The van der Waals surface area contributed by atoms with E-state index in [4.69, 9.17) is 4.74 Å². The van der Waals surface area contributed by atoms with Crippen LogP contribution in [0.25, 0.3) is 10.9 Å². The Kier molecular flexibility index (Phi) is 4.59. The van der Waals surface area contributed by atoms with E-state index in [-0.39, 0.29) is 18.0 Å². The van der Waals surface area contributed by atoms with Gasteiger partial charge in [-0.3, -0.25) is 4.79 Å². The minimum Gasteiger partial charge on any atom is -0.477 e. The number of nitrogens with zero attached hydrogens (tertiary/aromatic N) is 1. The Balaban J connectivity index is 2.35. The molecule has 1 amide bonds. The molecule has 2 N–H and O–H groups in total. The molecule has 1 heterocycles. The zero-order chi connectivity index (χ0) is 15.4. The molecule has 0 aliphatic carbocycles. The van der Waals surface area contributed by atoms with Crippen LogP contribution in [0.2, 0.25) is 0 Å². The molecule has 2 aromatic rings. The molecule has 0 aliphatic heterocycles. The molecule has 0 radical (unpaired) electrons. The number of hydrogen-bond acceptors (Lipinski definition) is 3. The summed E-state index contributed by atoms with van der Waals surface area (Å²) in [5.74, 6) is -1.25. The number of nitrogens with one attached hydrogen (secondary N) is 1. The number of carboxylic acids is 1. The second-order valence-corrected chi connectivity index (χ2v) is 4.73. The van der Waals surface area contributed by atoms with E-state index >= 15 is 0 Å². The fourth-order valence-corrected chi connectivity index (χ4v) is 2.44. The Labute approximate surface area is 122 Å². The molecular weight excluding hydrogens is 272 g/mol. The van der Waals surface area contributed by atoms with Gasteiger partial charge in [0, 0.05) is 37.2 Å². The lowest BCUT2D eigenvalue weighted by Gasteiger charge is -2.05. The summed E-state index contributed by atoms with van der Waals surface area (Å²) in [7, 11) is 3.25. The van der Waals surface area contributed by atoms with Gasteiger partial charge >= 0.3 is 5.97 Å². The van der Waals surface area contributed by atoms with Crippen molar-refractivity contribution in [2.45, 2.75) is 6.42 Å². The first-order valence-electron chi connectivity index (χ1n) is 6.61. The van der Waals surface area contributed by atoms with Crippen LogP contribution in [0.5, 0.6) is 0 Å². The van der Waals surface area contributed by atoms with Crippen molar-refractivity contribution in [2.75, 3.05) is 20.3 Å². The Morgan fingerprint density at radius 3 is 2.71 bits per heavy atom. The van der Waals surface area contributed by atoms with Gasteiger partial charge in [-0.25, -0.2) is 4.79 Å². The van der Waals surface area contributed by atoms with E-state index in [0.29, 0.717) is 18.7 Å². The van der Waals surface area contributed by atoms with Crippen LogP contribution in [0.4, 0.5) is 0 Å². The molecule has 0 spiro atoms. The van der Waals surface area contributed by atoms with E-state index < -0.39 is 5.97 Å². The highest BCUT2D eigenvalue weighted by Crippen LogP contribution is 2.25. The summed E-state index contributed by atoms with van der Waals surface area (Å²) in [6, 6.07) is 7.35. The lowest BCUT2D eigenvalue weighted by Crippen LogP contribution is -2.28. The zero-order valence-electron chi connectivity index (χ0n) is 12.0. The SMILES string of the molecule is COCCNC(=O)Cc1c(C(=O)O)n(C)c2ccccc12. The van der Waals surface area contributed by atoms with Gasteiger partial charge < -0.3 is 19.7 Å². The smallest absolute Gasteiger partial charge is 0.352 e. The van der Waals surface area contributed by atoms with Crippen LogP contribution in [0.15, 0.2) is 24.3 Å². The van der Waals surface area contributed by atoms with E-state index in [1.54, 1.807) is 18.7 Å².